The van der Waals surface area contributed by atoms with Gasteiger partial charge in [0, 0.05) is 6.54 Å². The standard InChI is InChI=1S/C17H25NO2/c1-14-7-8-16(13-15(14)2)17(19)20-12-6-11-18-9-4-3-5-10-18/h7-8,13H,3-6,9-12H2,1-2H3. The topological polar surface area (TPSA) is 29.5 Å². The van der Waals surface area contributed by atoms with E-state index in [0.29, 0.717) is 12.2 Å². The van der Waals surface area contributed by atoms with E-state index in [9.17, 15) is 4.79 Å². The molecule has 1 saturated heterocycles. The fraction of sp³-hybridized carbons (Fsp3) is 0.588. The van der Waals surface area contributed by atoms with Crippen LogP contribution in [0.3, 0.4) is 0 Å². The van der Waals surface area contributed by atoms with Gasteiger partial charge in [-0.05, 0) is 69.5 Å². The third kappa shape index (κ3) is 4.34. The van der Waals surface area contributed by atoms with E-state index in [1.54, 1.807) is 0 Å². The first-order valence-corrected chi connectivity index (χ1v) is 7.63. The fourth-order valence-electron chi connectivity index (χ4n) is 2.59. The maximum absolute atomic E-state index is 11.9. The summed E-state index contributed by atoms with van der Waals surface area (Å²) in [5, 5.41) is 0. The monoisotopic (exact) mass is 275 g/mol. The first kappa shape index (κ1) is 15.0. The molecule has 1 heterocycles. The summed E-state index contributed by atoms with van der Waals surface area (Å²) in [6, 6.07) is 5.72. The molecule has 1 aliphatic heterocycles. The molecule has 0 aliphatic carbocycles. The lowest BCUT2D eigenvalue weighted by Crippen LogP contribution is -2.31. The molecule has 0 atom stereocenters. The van der Waals surface area contributed by atoms with Crippen molar-refractivity contribution in [3.8, 4) is 0 Å². The highest BCUT2D eigenvalue weighted by Gasteiger charge is 2.11. The number of carbonyl (C=O) groups excluding carboxylic acids is 1. The van der Waals surface area contributed by atoms with Crippen molar-refractivity contribution in [2.24, 2.45) is 0 Å². The van der Waals surface area contributed by atoms with Crippen LogP contribution in [0.15, 0.2) is 18.2 Å². The van der Waals surface area contributed by atoms with Crippen LogP contribution in [0.5, 0.6) is 0 Å². The van der Waals surface area contributed by atoms with Gasteiger partial charge >= 0.3 is 5.97 Å². The highest BCUT2D eigenvalue weighted by Crippen LogP contribution is 2.11. The van der Waals surface area contributed by atoms with Crippen molar-refractivity contribution < 1.29 is 9.53 Å². The number of hydrogen-bond donors (Lipinski definition) is 0. The first-order valence-electron chi connectivity index (χ1n) is 7.63. The summed E-state index contributed by atoms with van der Waals surface area (Å²) < 4.78 is 5.35. The van der Waals surface area contributed by atoms with Gasteiger partial charge in [-0.15, -0.1) is 0 Å². The second-order valence-electron chi connectivity index (χ2n) is 5.69. The zero-order chi connectivity index (χ0) is 14.4. The maximum atomic E-state index is 11.9. The van der Waals surface area contributed by atoms with E-state index in [2.05, 4.69) is 4.90 Å². The molecule has 2 rings (SSSR count). The van der Waals surface area contributed by atoms with E-state index < -0.39 is 0 Å². The summed E-state index contributed by atoms with van der Waals surface area (Å²) >= 11 is 0. The summed E-state index contributed by atoms with van der Waals surface area (Å²) in [5.74, 6) is -0.202. The number of esters is 1. The molecule has 0 spiro atoms. The van der Waals surface area contributed by atoms with Crippen LogP contribution in [-0.2, 0) is 4.74 Å². The normalized spacial score (nSPS) is 16.1. The molecule has 0 bridgehead atoms. The third-order valence-electron chi connectivity index (χ3n) is 4.04. The average molecular weight is 275 g/mol. The number of hydrogen-bond acceptors (Lipinski definition) is 3. The van der Waals surface area contributed by atoms with Crippen molar-refractivity contribution in [3.63, 3.8) is 0 Å². The van der Waals surface area contributed by atoms with Crippen LogP contribution in [0.4, 0.5) is 0 Å². The summed E-state index contributed by atoms with van der Waals surface area (Å²) in [6.07, 6.45) is 4.90. The zero-order valence-electron chi connectivity index (χ0n) is 12.7. The van der Waals surface area contributed by atoms with Gasteiger partial charge in [-0.1, -0.05) is 12.5 Å². The summed E-state index contributed by atoms with van der Waals surface area (Å²) in [4.78, 5) is 14.4. The Labute approximate surface area is 121 Å². The third-order valence-corrected chi connectivity index (χ3v) is 4.04. The minimum Gasteiger partial charge on any atom is -0.462 e. The predicted octanol–water partition coefficient (Wildman–Crippen LogP) is 3.34. The van der Waals surface area contributed by atoms with E-state index in [-0.39, 0.29) is 5.97 Å². The molecule has 1 aromatic rings. The van der Waals surface area contributed by atoms with E-state index in [1.807, 2.05) is 32.0 Å². The molecule has 0 saturated carbocycles. The molecule has 1 aliphatic rings. The van der Waals surface area contributed by atoms with Crippen molar-refractivity contribution in [1.82, 2.24) is 4.90 Å². The Morgan fingerprint density at radius 1 is 1.15 bits per heavy atom. The lowest BCUT2D eigenvalue weighted by molar-refractivity contribution is 0.0485. The molecule has 0 radical (unpaired) electrons. The number of ether oxygens (including phenoxy) is 1. The molecule has 3 nitrogen and oxygen atoms in total. The Morgan fingerprint density at radius 3 is 2.60 bits per heavy atom. The van der Waals surface area contributed by atoms with E-state index in [1.165, 1.54) is 37.9 Å². The van der Waals surface area contributed by atoms with Crippen molar-refractivity contribution in [3.05, 3.63) is 34.9 Å². The van der Waals surface area contributed by atoms with Gasteiger partial charge in [-0.3, -0.25) is 0 Å². The van der Waals surface area contributed by atoms with Crippen LogP contribution in [-0.4, -0.2) is 37.1 Å². The van der Waals surface area contributed by atoms with Crippen LogP contribution in [0.25, 0.3) is 0 Å². The number of likely N-dealkylation sites (tertiary alicyclic amines) is 1. The summed E-state index contributed by atoms with van der Waals surface area (Å²) in [6.45, 7) is 8.02. The van der Waals surface area contributed by atoms with E-state index in [4.69, 9.17) is 4.74 Å². The molecule has 110 valence electrons. The minimum atomic E-state index is -0.202. The Kier molecular flexibility index (Phi) is 5.60. The summed E-state index contributed by atoms with van der Waals surface area (Å²) in [7, 11) is 0. The predicted molar refractivity (Wildman–Crippen MR) is 81.1 cm³/mol. The number of aryl methyl sites for hydroxylation is 2. The smallest absolute Gasteiger partial charge is 0.338 e. The lowest BCUT2D eigenvalue weighted by Gasteiger charge is -2.26. The number of benzene rings is 1. The highest BCUT2D eigenvalue weighted by molar-refractivity contribution is 5.89. The van der Waals surface area contributed by atoms with Crippen LogP contribution in [0, 0.1) is 13.8 Å². The second kappa shape index (κ2) is 7.44. The Balaban J connectivity index is 1.70. The maximum Gasteiger partial charge on any atom is 0.338 e. The summed E-state index contributed by atoms with van der Waals surface area (Å²) in [5.41, 5.74) is 2.99. The van der Waals surface area contributed by atoms with Gasteiger partial charge in [-0.2, -0.15) is 0 Å². The first-order chi connectivity index (χ1) is 9.66. The highest BCUT2D eigenvalue weighted by atomic mass is 16.5. The number of rotatable bonds is 5. The number of nitrogens with zero attached hydrogens (tertiary/aromatic N) is 1. The molecule has 0 unspecified atom stereocenters. The lowest BCUT2D eigenvalue weighted by atomic mass is 10.1. The molecular weight excluding hydrogens is 250 g/mol. The molecule has 0 amide bonds. The molecule has 0 N–H and O–H groups in total. The van der Waals surface area contributed by atoms with Crippen molar-refractivity contribution in [2.75, 3.05) is 26.2 Å². The molecule has 1 fully saturated rings. The van der Waals surface area contributed by atoms with Gasteiger partial charge in [0.25, 0.3) is 0 Å². The quantitative estimate of drug-likeness (QED) is 0.610. The van der Waals surface area contributed by atoms with Gasteiger partial charge in [0.05, 0.1) is 12.2 Å². The van der Waals surface area contributed by atoms with Crippen LogP contribution >= 0.6 is 0 Å². The Hall–Kier alpha value is -1.35. The molecule has 0 aromatic heterocycles. The van der Waals surface area contributed by atoms with Gasteiger partial charge in [0.2, 0.25) is 0 Å². The van der Waals surface area contributed by atoms with Gasteiger partial charge < -0.3 is 9.64 Å². The SMILES string of the molecule is Cc1ccc(C(=O)OCCCN2CCCCC2)cc1C. The van der Waals surface area contributed by atoms with Crippen LogP contribution in [0.1, 0.15) is 47.2 Å². The minimum absolute atomic E-state index is 0.202. The van der Waals surface area contributed by atoms with Crippen LogP contribution < -0.4 is 0 Å². The fourth-order valence-corrected chi connectivity index (χ4v) is 2.59. The number of carbonyl (C=O) groups is 1. The van der Waals surface area contributed by atoms with Crippen molar-refractivity contribution in [1.29, 1.82) is 0 Å². The number of piperidine rings is 1. The Bertz CT molecular complexity index is 450. The van der Waals surface area contributed by atoms with Gasteiger partial charge in [-0.25, -0.2) is 4.79 Å². The van der Waals surface area contributed by atoms with E-state index in [0.717, 1.165) is 18.5 Å². The molecular formula is C17H25NO2. The second-order valence-corrected chi connectivity index (χ2v) is 5.69. The van der Waals surface area contributed by atoms with E-state index >= 15 is 0 Å². The molecule has 20 heavy (non-hydrogen) atoms. The van der Waals surface area contributed by atoms with Crippen LogP contribution in [0.2, 0.25) is 0 Å². The van der Waals surface area contributed by atoms with Gasteiger partial charge in [0.15, 0.2) is 0 Å². The molecule has 3 heteroatoms. The van der Waals surface area contributed by atoms with Crippen molar-refractivity contribution >= 4 is 5.97 Å². The largest absolute Gasteiger partial charge is 0.462 e. The van der Waals surface area contributed by atoms with Crippen molar-refractivity contribution in [2.45, 2.75) is 39.5 Å². The molecule has 1 aromatic carbocycles. The Morgan fingerprint density at radius 2 is 1.90 bits per heavy atom. The zero-order valence-corrected chi connectivity index (χ0v) is 12.7. The average Bonchev–Trinajstić information content (AvgIpc) is 2.47. The van der Waals surface area contributed by atoms with Gasteiger partial charge in [0.1, 0.15) is 0 Å².